The number of nitro groups is 1. The quantitative estimate of drug-likeness (QED) is 0.246. The van der Waals surface area contributed by atoms with Gasteiger partial charge in [0.2, 0.25) is 0 Å². The number of nitro benzene ring substituents is 1. The van der Waals surface area contributed by atoms with Gasteiger partial charge in [-0.1, -0.05) is 60.7 Å². The minimum Gasteiger partial charge on any atom is -0.267 e. The molecular formula is C22H15N3O3. The maximum absolute atomic E-state index is 12.4. The smallest absolute Gasteiger partial charge is 0.267 e. The van der Waals surface area contributed by atoms with E-state index in [0.717, 1.165) is 27.1 Å². The van der Waals surface area contributed by atoms with Crippen molar-refractivity contribution in [1.29, 1.82) is 0 Å². The van der Waals surface area contributed by atoms with E-state index in [1.807, 2.05) is 48.5 Å². The molecule has 0 spiro atoms. The molecule has 0 unspecified atom stereocenters. The van der Waals surface area contributed by atoms with Crippen LogP contribution in [0.2, 0.25) is 0 Å². The van der Waals surface area contributed by atoms with Gasteiger partial charge in [0.15, 0.2) is 0 Å². The van der Waals surface area contributed by atoms with Gasteiger partial charge in [-0.3, -0.25) is 14.9 Å². The zero-order valence-electron chi connectivity index (χ0n) is 14.7. The van der Waals surface area contributed by atoms with Gasteiger partial charge in [-0.2, -0.15) is 5.10 Å². The van der Waals surface area contributed by atoms with Crippen molar-refractivity contribution in [1.82, 2.24) is 5.43 Å². The number of rotatable bonds is 4. The maximum atomic E-state index is 12.4. The number of hydrazone groups is 1. The van der Waals surface area contributed by atoms with Crippen LogP contribution in [0.1, 0.15) is 15.9 Å². The number of nitrogens with zero attached hydrogens (tertiary/aromatic N) is 2. The van der Waals surface area contributed by atoms with E-state index < -0.39 is 10.8 Å². The lowest BCUT2D eigenvalue weighted by Crippen LogP contribution is -2.19. The normalized spacial score (nSPS) is 11.1. The van der Waals surface area contributed by atoms with Crippen LogP contribution in [0.15, 0.2) is 84.0 Å². The molecule has 0 aromatic heterocycles. The van der Waals surface area contributed by atoms with Crippen LogP contribution in [0, 0.1) is 10.1 Å². The molecule has 6 nitrogen and oxygen atoms in total. The van der Waals surface area contributed by atoms with Gasteiger partial charge in [0.25, 0.3) is 11.6 Å². The molecule has 136 valence electrons. The second-order valence-electron chi connectivity index (χ2n) is 6.21. The fourth-order valence-electron chi connectivity index (χ4n) is 3.23. The first-order chi connectivity index (χ1) is 13.6. The molecule has 0 saturated heterocycles. The number of amides is 1. The Morgan fingerprint density at radius 3 is 2.11 bits per heavy atom. The van der Waals surface area contributed by atoms with Gasteiger partial charge in [-0.05, 0) is 33.7 Å². The van der Waals surface area contributed by atoms with E-state index in [0.29, 0.717) is 0 Å². The van der Waals surface area contributed by atoms with Crippen molar-refractivity contribution in [3.8, 4) is 0 Å². The predicted molar refractivity (Wildman–Crippen MR) is 110 cm³/mol. The van der Waals surface area contributed by atoms with E-state index in [1.54, 1.807) is 12.3 Å². The molecule has 6 heteroatoms. The predicted octanol–water partition coefficient (Wildman–Crippen LogP) is 4.67. The molecule has 1 N–H and O–H groups in total. The van der Waals surface area contributed by atoms with Crippen LogP contribution >= 0.6 is 0 Å². The summed E-state index contributed by atoms with van der Waals surface area (Å²) in [6.07, 6.45) is 1.58. The highest BCUT2D eigenvalue weighted by atomic mass is 16.6. The summed E-state index contributed by atoms with van der Waals surface area (Å²) in [5.74, 6) is -0.631. The number of benzene rings is 4. The summed E-state index contributed by atoms with van der Waals surface area (Å²) in [4.78, 5) is 22.9. The molecule has 0 heterocycles. The number of carbonyl (C=O) groups excluding carboxylic acids is 1. The topological polar surface area (TPSA) is 84.6 Å². The van der Waals surface area contributed by atoms with Gasteiger partial charge < -0.3 is 0 Å². The molecule has 0 aliphatic heterocycles. The monoisotopic (exact) mass is 369 g/mol. The molecule has 4 rings (SSSR count). The largest absolute Gasteiger partial charge is 0.282 e. The average molecular weight is 369 g/mol. The molecule has 0 aliphatic carbocycles. The Morgan fingerprint density at radius 2 is 1.46 bits per heavy atom. The van der Waals surface area contributed by atoms with Crippen molar-refractivity contribution in [2.45, 2.75) is 0 Å². The lowest BCUT2D eigenvalue weighted by atomic mass is 9.97. The van der Waals surface area contributed by atoms with Crippen molar-refractivity contribution in [2.24, 2.45) is 5.10 Å². The third kappa shape index (κ3) is 3.19. The molecule has 28 heavy (non-hydrogen) atoms. The van der Waals surface area contributed by atoms with Crippen LogP contribution in [-0.4, -0.2) is 17.0 Å². The second-order valence-corrected chi connectivity index (χ2v) is 6.21. The minimum atomic E-state index is -0.631. The molecule has 0 aliphatic rings. The fourth-order valence-corrected chi connectivity index (χ4v) is 3.23. The van der Waals surface area contributed by atoms with Crippen LogP contribution in [0.4, 0.5) is 5.69 Å². The van der Waals surface area contributed by atoms with Crippen LogP contribution in [0.5, 0.6) is 0 Å². The Morgan fingerprint density at radius 1 is 0.893 bits per heavy atom. The standard InChI is InChI=1S/C22H15N3O3/c26-22(19-11-5-6-12-21(19)25(27)28)24-23-14-20-17-9-3-1-7-15(17)13-16-8-2-4-10-18(16)20/h1-14H,(H,24,26). The van der Waals surface area contributed by atoms with E-state index in [9.17, 15) is 14.9 Å². The Bertz CT molecular complexity index is 1190. The Labute approximate surface area is 160 Å². The number of para-hydroxylation sites is 1. The van der Waals surface area contributed by atoms with E-state index in [2.05, 4.69) is 16.6 Å². The first-order valence-electron chi connectivity index (χ1n) is 8.62. The molecule has 0 atom stereocenters. The summed E-state index contributed by atoms with van der Waals surface area (Å²) >= 11 is 0. The molecule has 0 fully saturated rings. The van der Waals surface area contributed by atoms with E-state index in [1.165, 1.54) is 18.2 Å². The van der Waals surface area contributed by atoms with Crippen molar-refractivity contribution >= 4 is 39.4 Å². The zero-order chi connectivity index (χ0) is 19.5. The van der Waals surface area contributed by atoms with Gasteiger partial charge in [-0.25, -0.2) is 5.43 Å². The van der Waals surface area contributed by atoms with Crippen molar-refractivity contribution in [2.75, 3.05) is 0 Å². The fraction of sp³-hybridized carbons (Fsp3) is 0. The number of fused-ring (bicyclic) bond motifs is 2. The van der Waals surface area contributed by atoms with Gasteiger partial charge in [0, 0.05) is 11.6 Å². The average Bonchev–Trinajstić information content (AvgIpc) is 2.73. The van der Waals surface area contributed by atoms with Crippen molar-refractivity contribution in [3.63, 3.8) is 0 Å². The first kappa shape index (κ1) is 17.4. The van der Waals surface area contributed by atoms with Gasteiger partial charge in [-0.15, -0.1) is 0 Å². The Balaban J connectivity index is 1.71. The van der Waals surface area contributed by atoms with Crippen molar-refractivity contribution in [3.05, 3.63) is 100 Å². The molecule has 4 aromatic rings. The van der Waals surface area contributed by atoms with Crippen LogP contribution < -0.4 is 5.43 Å². The summed E-state index contributed by atoms with van der Waals surface area (Å²) < 4.78 is 0. The van der Waals surface area contributed by atoms with Gasteiger partial charge in [0.1, 0.15) is 5.56 Å². The molecule has 0 bridgehead atoms. The summed E-state index contributed by atoms with van der Waals surface area (Å²) in [7, 11) is 0. The van der Waals surface area contributed by atoms with E-state index in [-0.39, 0.29) is 11.3 Å². The third-order valence-corrected chi connectivity index (χ3v) is 4.52. The molecule has 4 aromatic carbocycles. The van der Waals surface area contributed by atoms with Crippen LogP contribution in [-0.2, 0) is 0 Å². The van der Waals surface area contributed by atoms with E-state index in [4.69, 9.17) is 0 Å². The summed E-state index contributed by atoms with van der Waals surface area (Å²) in [5, 5.41) is 19.3. The third-order valence-electron chi connectivity index (χ3n) is 4.52. The molecular weight excluding hydrogens is 354 g/mol. The van der Waals surface area contributed by atoms with Gasteiger partial charge in [0.05, 0.1) is 11.1 Å². The molecule has 1 amide bonds. The number of hydrogen-bond donors (Lipinski definition) is 1. The lowest BCUT2D eigenvalue weighted by molar-refractivity contribution is -0.385. The van der Waals surface area contributed by atoms with Crippen molar-refractivity contribution < 1.29 is 9.72 Å². The second kappa shape index (κ2) is 7.28. The zero-order valence-corrected chi connectivity index (χ0v) is 14.7. The van der Waals surface area contributed by atoms with Crippen LogP contribution in [0.25, 0.3) is 21.5 Å². The Kier molecular flexibility index (Phi) is 4.51. The highest BCUT2D eigenvalue weighted by Gasteiger charge is 2.18. The molecule has 0 saturated carbocycles. The molecule has 0 radical (unpaired) electrons. The number of nitrogens with one attached hydrogen (secondary N) is 1. The summed E-state index contributed by atoms with van der Waals surface area (Å²) in [6, 6.07) is 23.7. The maximum Gasteiger partial charge on any atom is 0.282 e. The van der Waals surface area contributed by atoms with Crippen LogP contribution in [0.3, 0.4) is 0 Å². The minimum absolute atomic E-state index is 0.0348. The Hall–Kier alpha value is -4.06. The summed E-state index contributed by atoms with van der Waals surface area (Å²) in [5.41, 5.74) is 2.98. The lowest BCUT2D eigenvalue weighted by Gasteiger charge is -2.08. The number of hydrogen-bond acceptors (Lipinski definition) is 4. The van der Waals surface area contributed by atoms with E-state index >= 15 is 0 Å². The highest BCUT2D eigenvalue weighted by molar-refractivity contribution is 6.13. The highest BCUT2D eigenvalue weighted by Crippen LogP contribution is 2.27. The van der Waals surface area contributed by atoms with Gasteiger partial charge >= 0.3 is 0 Å². The number of carbonyl (C=O) groups is 1. The first-order valence-corrected chi connectivity index (χ1v) is 8.62. The SMILES string of the molecule is O=C(NN=Cc1c2ccccc2cc2ccccc12)c1ccccc1[N+](=O)[O-]. The summed E-state index contributed by atoms with van der Waals surface area (Å²) in [6.45, 7) is 0.